The summed E-state index contributed by atoms with van der Waals surface area (Å²) in [6.07, 6.45) is 3.57. The first kappa shape index (κ1) is 9.88. The Morgan fingerprint density at radius 2 is 2.46 bits per heavy atom. The van der Waals surface area contributed by atoms with Gasteiger partial charge in [-0.1, -0.05) is 0 Å². The van der Waals surface area contributed by atoms with Gasteiger partial charge in [-0.25, -0.2) is 5.84 Å². The maximum atomic E-state index is 5.11. The van der Waals surface area contributed by atoms with Crippen LogP contribution < -0.4 is 16.6 Å². The van der Waals surface area contributed by atoms with Crippen LogP contribution >= 0.6 is 12.2 Å². The first-order chi connectivity index (χ1) is 6.24. The molecule has 0 fully saturated rings. The number of thiocarbonyl (C=S) groups is 1. The molecule has 0 aliphatic carbocycles. The number of nitrogens with zero attached hydrogens (tertiary/aromatic N) is 1. The maximum Gasteiger partial charge on any atom is 0.180 e. The first-order valence-electron chi connectivity index (χ1n) is 3.88. The van der Waals surface area contributed by atoms with Crippen LogP contribution in [0.1, 0.15) is 11.1 Å². The van der Waals surface area contributed by atoms with Crippen LogP contribution in [0.3, 0.4) is 0 Å². The summed E-state index contributed by atoms with van der Waals surface area (Å²) < 4.78 is 0. The van der Waals surface area contributed by atoms with Crippen molar-refractivity contribution in [3.63, 3.8) is 0 Å². The lowest BCUT2D eigenvalue weighted by Crippen LogP contribution is -2.39. The van der Waals surface area contributed by atoms with Gasteiger partial charge in [-0.3, -0.25) is 4.98 Å². The van der Waals surface area contributed by atoms with E-state index in [0.29, 0.717) is 11.7 Å². The average molecular weight is 196 g/mol. The lowest BCUT2D eigenvalue weighted by atomic mass is 10.2. The van der Waals surface area contributed by atoms with Crippen molar-refractivity contribution in [2.75, 3.05) is 0 Å². The fourth-order valence-corrected chi connectivity index (χ4v) is 0.999. The van der Waals surface area contributed by atoms with E-state index >= 15 is 0 Å². The molecule has 0 aromatic carbocycles. The van der Waals surface area contributed by atoms with Gasteiger partial charge in [-0.2, -0.15) is 0 Å². The second-order valence-corrected chi connectivity index (χ2v) is 3.04. The van der Waals surface area contributed by atoms with Crippen LogP contribution in [0, 0.1) is 6.92 Å². The second-order valence-electron chi connectivity index (χ2n) is 2.63. The molecule has 0 atom stereocenters. The summed E-state index contributed by atoms with van der Waals surface area (Å²) in [6, 6.07) is 1.95. The van der Waals surface area contributed by atoms with Gasteiger partial charge in [0.05, 0.1) is 0 Å². The van der Waals surface area contributed by atoms with E-state index in [4.69, 9.17) is 18.1 Å². The highest BCUT2D eigenvalue weighted by atomic mass is 32.1. The Kier molecular flexibility index (Phi) is 3.60. The van der Waals surface area contributed by atoms with Gasteiger partial charge < -0.3 is 10.7 Å². The molecule has 0 spiro atoms. The molecule has 1 heterocycles. The van der Waals surface area contributed by atoms with Gasteiger partial charge in [0.2, 0.25) is 0 Å². The summed E-state index contributed by atoms with van der Waals surface area (Å²) in [7, 11) is 0. The van der Waals surface area contributed by atoms with E-state index in [-0.39, 0.29) is 0 Å². The molecular formula is C8H12N4S. The SMILES string of the molecule is Cc1cnccc1CNC(=S)NN. The monoisotopic (exact) mass is 196 g/mol. The minimum Gasteiger partial charge on any atom is -0.358 e. The molecular weight excluding hydrogens is 184 g/mol. The summed E-state index contributed by atoms with van der Waals surface area (Å²) in [5.74, 6) is 5.11. The molecule has 0 radical (unpaired) electrons. The fraction of sp³-hybridized carbons (Fsp3) is 0.250. The molecule has 1 aromatic heterocycles. The number of pyridine rings is 1. The third-order valence-corrected chi connectivity index (χ3v) is 1.97. The molecule has 13 heavy (non-hydrogen) atoms. The van der Waals surface area contributed by atoms with Gasteiger partial charge in [-0.15, -0.1) is 0 Å². The molecule has 0 amide bonds. The number of aryl methyl sites for hydroxylation is 1. The standard InChI is InChI=1S/C8H12N4S/c1-6-4-10-3-2-7(6)5-11-8(13)12-9/h2-4H,5,9H2,1H3,(H2,11,12,13). The molecule has 70 valence electrons. The van der Waals surface area contributed by atoms with Gasteiger partial charge in [0.15, 0.2) is 5.11 Å². The second kappa shape index (κ2) is 4.74. The average Bonchev–Trinajstić information content (AvgIpc) is 2.16. The Hall–Kier alpha value is -1.20. The summed E-state index contributed by atoms with van der Waals surface area (Å²) in [4.78, 5) is 3.99. The zero-order valence-electron chi connectivity index (χ0n) is 7.37. The van der Waals surface area contributed by atoms with Crippen LogP contribution in [0.5, 0.6) is 0 Å². The van der Waals surface area contributed by atoms with E-state index in [1.54, 1.807) is 6.20 Å². The highest BCUT2D eigenvalue weighted by Gasteiger charge is 1.97. The van der Waals surface area contributed by atoms with Crippen LogP contribution in [0.4, 0.5) is 0 Å². The summed E-state index contributed by atoms with van der Waals surface area (Å²) in [5, 5.41) is 3.40. The van der Waals surface area contributed by atoms with Crippen molar-refractivity contribution >= 4 is 17.3 Å². The van der Waals surface area contributed by atoms with Gasteiger partial charge in [0.1, 0.15) is 0 Å². The quantitative estimate of drug-likeness (QED) is 0.359. The van der Waals surface area contributed by atoms with E-state index in [2.05, 4.69) is 15.7 Å². The van der Waals surface area contributed by atoms with Gasteiger partial charge >= 0.3 is 0 Å². The first-order valence-corrected chi connectivity index (χ1v) is 4.29. The Bertz CT molecular complexity index is 300. The maximum absolute atomic E-state index is 5.11. The summed E-state index contributed by atoms with van der Waals surface area (Å²) in [6.45, 7) is 2.67. The van der Waals surface area contributed by atoms with E-state index in [1.807, 2.05) is 19.2 Å². The zero-order valence-corrected chi connectivity index (χ0v) is 8.19. The molecule has 1 aromatic rings. The number of rotatable bonds is 2. The van der Waals surface area contributed by atoms with Crippen LogP contribution in [0.2, 0.25) is 0 Å². The Morgan fingerprint density at radius 3 is 3.08 bits per heavy atom. The van der Waals surface area contributed by atoms with Crippen molar-refractivity contribution in [2.45, 2.75) is 13.5 Å². The smallest absolute Gasteiger partial charge is 0.180 e. The largest absolute Gasteiger partial charge is 0.358 e. The van der Waals surface area contributed by atoms with E-state index in [1.165, 1.54) is 0 Å². The fourth-order valence-electron chi connectivity index (χ4n) is 0.927. The molecule has 4 nitrogen and oxygen atoms in total. The highest BCUT2D eigenvalue weighted by Crippen LogP contribution is 2.03. The Morgan fingerprint density at radius 1 is 1.69 bits per heavy atom. The van der Waals surface area contributed by atoms with Gasteiger partial charge in [0.25, 0.3) is 0 Å². The van der Waals surface area contributed by atoms with Crippen molar-refractivity contribution in [2.24, 2.45) is 5.84 Å². The van der Waals surface area contributed by atoms with Crippen LogP contribution in [0.15, 0.2) is 18.5 Å². The van der Waals surface area contributed by atoms with Crippen molar-refractivity contribution in [3.05, 3.63) is 29.6 Å². The number of hydrogen-bond acceptors (Lipinski definition) is 3. The number of hydrazine groups is 1. The molecule has 0 saturated carbocycles. The molecule has 0 saturated heterocycles. The summed E-state index contributed by atoms with van der Waals surface area (Å²) in [5.41, 5.74) is 4.65. The molecule has 5 heteroatoms. The van der Waals surface area contributed by atoms with E-state index < -0.39 is 0 Å². The van der Waals surface area contributed by atoms with Crippen molar-refractivity contribution in [1.29, 1.82) is 0 Å². The van der Waals surface area contributed by atoms with Crippen LogP contribution in [0.25, 0.3) is 0 Å². The molecule has 4 N–H and O–H groups in total. The lowest BCUT2D eigenvalue weighted by Gasteiger charge is -2.08. The predicted molar refractivity (Wildman–Crippen MR) is 55.7 cm³/mol. The minimum atomic E-state index is 0.441. The van der Waals surface area contributed by atoms with E-state index in [9.17, 15) is 0 Å². The number of hydrogen-bond donors (Lipinski definition) is 3. The predicted octanol–water partition coefficient (Wildman–Crippen LogP) is 0.228. The van der Waals surface area contributed by atoms with Crippen LogP contribution in [-0.2, 0) is 6.54 Å². The number of nitrogens with two attached hydrogens (primary N) is 1. The molecule has 0 bridgehead atoms. The third-order valence-electron chi connectivity index (χ3n) is 1.71. The zero-order chi connectivity index (χ0) is 9.68. The molecule has 0 unspecified atom stereocenters. The Balaban J connectivity index is 2.54. The van der Waals surface area contributed by atoms with Crippen LogP contribution in [-0.4, -0.2) is 10.1 Å². The van der Waals surface area contributed by atoms with Crippen molar-refractivity contribution in [1.82, 2.24) is 15.7 Å². The van der Waals surface area contributed by atoms with Gasteiger partial charge in [0, 0.05) is 18.9 Å². The lowest BCUT2D eigenvalue weighted by molar-refractivity contribution is 0.858. The molecule has 0 aliphatic heterocycles. The van der Waals surface area contributed by atoms with Crippen molar-refractivity contribution in [3.8, 4) is 0 Å². The minimum absolute atomic E-state index is 0.441. The third kappa shape index (κ3) is 2.96. The van der Waals surface area contributed by atoms with Crippen molar-refractivity contribution < 1.29 is 0 Å². The summed E-state index contributed by atoms with van der Waals surface area (Å²) >= 11 is 4.83. The normalized spacial score (nSPS) is 9.38. The number of aromatic nitrogens is 1. The van der Waals surface area contributed by atoms with Gasteiger partial charge in [-0.05, 0) is 36.3 Å². The molecule has 1 rings (SSSR count). The number of nitrogens with one attached hydrogen (secondary N) is 2. The highest BCUT2D eigenvalue weighted by molar-refractivity contribution is 7.80. The van der Waals surface area contributed by atoms with E-state index in [0.717, 1.165) is 11.1 Å². The topological polar surface area (TPSA) is 63.0 Å². The Labute approximate surface area is 82.5 Å². The molecule has 0 aliphatic rings.